The predicted molar refractivity (Wildman–Crippen MR) is 111 cm³/mol. The third kappa shape index (κ3) is 3.15. The van der Waals surface area contributed by atoms with Crippen LogP contribution in [0.4, 0.5) is 0 Å². The molecule has 4 nitrogen and oxygen atoms in total. The molecule has 0 N–H and O–H groups in total. The van der Waals surface area contributed by atoms with Crippen LogP contribution in [0.1, 0.15) is 37.4 Å². The quantitative estimate of drug-likeness (QED) is 0.467. The highest BCUT2D eigenvalue weighted by Crippen LogP contribution is 2.35. The average molecular weight is 404 g/mol. The number of fused-ring (bicyclic) bond motifs is 1. The largest absolute Gasteiger partial charge is 0.302 e. The van der Waals surface area contributed by atoms with Crippen molar-refractivity contribution in [2.75, 3.05) is 6.54 Å². The number of imide groups is 1. The summed E-state index contributed by atoms with van der Waals surface area (Å²) in [5.74, 6) is -0.782. The number of carbonyl (C=O) groups is 3. The Morgan fingerprint density at radius 1 is 0.828 bits per heavy atom. The minimum absolute atomic E-state index is 0.0897. The maximum Gasteiger partial charge on any atom is 0.261 e. The number of hydrogen-bond acceptors (Lipinski definition) is 3. The van der Waals surface area contributed by atoms with Crippen molar-refractivity contribution in [1.29, 1.82) is 0 Å². The summed E-state index contributed by atoms with van der Waals surface area (Å²) in [6.45, 7) is 1.87. The number of halogens is 1. The third-order valence-corrected chi connectivity index (χ3v) is 5.66. The Bertz CT molecular complexity index is 1020. The molecule has 2 amide bonds. The van der Waals surface area contributed by atoms with Gasteiger partial charge >= 0.3 is 0 Å². The lowest BCUT2D eigenvalue weighted by Crippen LogP contribution is -2.45. The van der Waals surface area contributed by atoms with Crippen LogP contribution in [-0.4, -0.2) is 29.5 Å². The Balaban J connectivity index is 1.84. The lowest BCUT2D eigenvalue weighted by molar-refractivity contribution is -0.111. The van der Waals surface area contributed by atoms with E-state index in [1.54, 1.807) is 48.5 Å². The Labute approximate surface area is 173 Å². The van der Waals surface area contributed by atoms with E-state index in [0.717, 1.165) is 16.7 Å². The Morgan fingerprint density at radius 2 is 1.31 bits per heavy atom. The van der Waals surface area contributed by atoms with Crippen molar-refractivity contribution < 1.29 is 14.4 Å². The fraction of sp³-hybridized carbons (Fsp3) is 0.125. The summed E-state index contributed by atoms with van der Waals surface area (Å²) in [5, 5.41) is 0.540. The van der Waals surface area contributed by atoms with Crippen LogP contribution < -0.4 is 0 Å². The lowest BCUT2D eigenvalue weighted by Gasteiger charge is -2.33. The molecule has 0 aromatic heterocycles. The molecule has 4 rings (SSSR count). The molecule has 1 aliphatic heterocycles. The van der Waals surface area contributed by atoms with Crippen LogP contribution in [0.5, 0.6) is 0 Å². The zero-order chi connectivity index (χ0) is 20.6. The molecule has 0 bridgehead atoms. The first kappa shape index (κ1) is 19.1. The Kier molecular flexibility index (Phi) is 4.81. The van der Waals surface area contributed by atoms with Crippen LogP contribution >= 0.6 is 11.6 Å². The minimum atomic E-state index is -1.20. The van der Waals surface area contributed by atoms with Crippen LogP contribution in [0.15, 0.2) is 72.8 Å². The first-order valence-corrected chi connectivity index (χ1v) is 9.59. The van der Waals surface area contributed by atoms with Gasteiger partial charge in [0, 0.05) is 11.6 Å². The molecule has 3 aromatic carbocycles. The van der Waals surface area contributed by atoms with Gasteiger partial charge in [-0.25, -0.2) is 0 Å². The summed E-state index contributed by atoms with van der Waals surface area (Å²) < 4.78 is 0. The molecule has 0 saturated heterocycles. The fourth-order valence-electron chi connectivity index (χ4n) is 3.75. The van der Waals surface area contributed by atoms with Crippen LogP contribution in [0.25, 0.3) is 0 Å². The number of amides is 2. The second kappa shape index (κ2) is 7.30. The molecule has 0 spiro atoms. The van der Waals surface area contributed by atoms with Gasteiger partial charge in [-0.3, -0.25) is 14.5 Å². The summed E-state index contributed by atoms with van der Waals surface area (Å²) in [4.78, 5) is 39.6. The van der Waals surface area contributed by atoms with Crippen LogP contribution in [0.3, 0.4) is 0 Å². The van der Waals surface area contributed by atoms with Gasteiger partial charge < -0.3 is 4.79 Å². The molecule has 0 radical (unpaired) electrons. The van der Waals surface area contributed by atoms with E-state index in [1.807, 2.05) is 31.2 Å². The van der Waals surface area contributed by atoms with Crippen LogP contribution in [0.2, 0.25) is 5.02 Å². The van der Waals surface area contributed by atoms with Crippen molar-refractivity contribution in [2.45, 2.75) is 12.3 Å². The normalized spacial score (nSPS) is 15.2. The number of rotatable bonds is 5. The molecule has 0 fully saturated rings. The number of hydrogen-bond donors (Lipinski definition) is 0. The van der Waals surface area contributed by atoms with E-state index >= 15 is 0 Å². The number of carbonyl (C=O) groups excluding carboxylic acids is 3. The fourth-order valence-corrected chi connectivity index (χ4v) is 3.88. The third-order valence-electron chi connectivity index (χ3n) is 5.41. The molecule has 5 heteroatoms. The second-order valence-corrected chi connectivity index (χ2v) is 7.64. The minimum Gasteiger partial charge on any atom is -0.302 e. The molecular formula is C24H18ClNO3. The van der Waals surface area contributed by atoms with Crippen molar-refractivity contribution >= 4 is 29.7 Å². The molecule has 1 atom stereocenters. The van der Waals surface area contributed by atoms with E-state index in [2.05, 4.69) is 0 Å². The van der Waals surface area contributed by atoms with Gasteiger partial charge in [-0.05, 0) is 42.3 Å². The summed E-state index contributed by atoms with van der Waals surface area (Å²) in [5.41, 5.74) is 1.93. The van der Waals surface area contributed by atoms with Crippen LogP contribution in [-0.2, 0) is 10.2 Å². The molecule has 1 aliphatic rings. The molecular weight excluding hydrogens is 386 g/mol. The topological polar surface area (TPSA) is 54.5 Å². The van der Waals surface area contributed by atoms with E-state index < -0.39 is 17.2 Å². The van der Waals surface area contributed by atoms with Crippen LogP contribution in [0, 0.1) is 6.92 Å². The van der Waals surface area contributed by atoms with E-state index in [4.69, 9.17) is 11.6 Å². The lowest BCUT2D eigenvalue weighted by atomic mass is 9.75. The maximum absolute atomic E-state index is 12.9. The Hall–Kier alpha value is -3.24. The summed E-state index contributed by atoms with van der Waals surface area (Å²) in [6.07, 6.45) is 0.810. The molecule has 1 unspecified atom stereocenters. The zero-order valence-corrected chi connectivity index (χ0v) is 16.5. The summed E-state index contributed by atoms with van der Waals surface area (Å²) in [7, 11) is 0. The number of aryl methyl sites for hydroxylation is 1. The molecule has 29 heavy (non-hydrogen) atoms. The van der Waals surface area contributed by atoms with Gasteiger partial charge in [-0.1, -0.05) is 65.7 Å². The summed E-state index contributed by atoms with van der Waals surface area (Å²) >= 11 is 6.04. The highest BCUT2D eigenvalue weighted by molar-refractivity contribution is 6.30. The molecule has 3 aromatic rings. The van der Waals surface area contributed by atoms with E-state index in [1.165, 1.54) is 0 Å². The number of benzene rings is 3. The van der Waals surface area contributed by atoms with E-state index in [0.29, 0.717) is 27.3 Å². The van der Waals surface area contributed by atoms with E-state index in [-0.39, 0.29) is 6.54 Å². The molecule has 0 saturated carbocycles. The molecule has 1 heterocycles. The van der Waals surface area contributed by atoms with E-state index in [9.17, 15) is 14.4 Å². The van der Waals surface area contributed by atoms with Crippen molar-refractivity contribution in [3.05, 3.63) is 106 Å². The average Bonchev–Trinajstić information content (AvgIpc) is 2.98. The van der Waals surface area contributed by atoms with Gasteiger partial charge in [0.25, 0.3) is 11.8 Å². The van der Waals surface area contributed by atoms with Gasteiger partial charge in [0.15, 0.2) is 0 Å². The molecule has 0 aliphatic carbocycles. The van der Waals surface area contributed by atoms with Gasteiger partial charge in [0.2, 0.25) is 0 Å². The first-order chi connectivity index (χ1) is 14.0. The van der Waals surface area contributed by atoms with Crippen molar-refractivity contribution in [2.24, 2.45) is 0 Å². The monoisotopic (exact) mass is 403 g/mol. The zero-order valence-electron chi connectivity index (χ0n) is 15.8. The van der Waals surface area contributed by atoms with Crippen molar-refractivity contribution in [1.82, 2.24) is 4.90 Å². The predicted octanol–water partition coefficient (Wildman–Crippen LogP) is 4.43. The van der Waals surface area contributed by atoms with Gasteiger partial charge in [0.05, 0.1) is 16.5 Å². The van der Waals surface area contributed by atoms with Crippen molar-refractivity contribution in [3.63, 3.8) is 0 Å². The highest BCUT2D eigenvalue weighted by Gasteiger charge is 2.43. The highest BCUT2D eigenvalue weighted by atomic mass is 35.5. The van der Waals surface area contributed by atoms with Gasteiger partial charge in [-0.2, -0.15) is 0 Å². The number of nitrogens with zero attached hydrogens (tertiary/aromatic N) is 1. The maximum atomic E-state index is 12.9. The standard InChI is InChI=1S/C24H18ClNO3/c1-16-6-8-17(9-7-16)24(15-27,18-10-12-19(25)13-11-18)14-26-22(28)20-4-2-3-5-21(20)23(26)29/h2-13,15H,14H2,1H3. The summed E-state index contributed by atoms with van der Waals surface area (Å²) in [6, 6.07) is 21.2. The van der Waals surface area contributed by atoms with Crippen molar-refractivity contribution in [3.8, 4) is 0 Å². The SMILES string of the molecule is Cc1ccc(C(C=O)(CN2C(=O)c3ccccc3C2=O)c2ccc(Cl)cc2)cc1. The number of aldehydes is 1. The smallest absolute Gasteiger partial charge is 0.261 e. The first-order valence-electron chi connectivity index (χ1n) is 9.21. The van der Waals surface area contributed by atoms with Gasteiger partial charge in [-0.15, -0.1) is 0 Å². The molecule has 144 valence electrons. The second-order valence-electron chi connectivity index (χ2n) is 7.20. The Morgan fingerprint density at radius 3 is 1.79 bits per heavy atom. The van der Waals surface area contributed by atoms with Gasteiger partial charge in [0.1, 0.15) is 6.29 Å².